The predicted octanol–water partition coefficient (Wildman–Crippen LogP) is 4.80. The van der Waals surface area contributed by atoms with Crippen molar-refractivity contribution in [3.63, 3.8) is 0 Å². The van der Waals surface area contributed by atoms with E-state index in [4.69, 9.17) is 0 Å². The van der Waals surface area contributed by atoms with Crippen LogP contribution in [0.25, 0.3) is 10.1 Å². The van der Waals surface area contributed by atoms with Crippen LogP contribution >= 0.6 is 11.3 Å². The molecule has 0 amide bonds. The zero-order valence-corrected chi connectivity index (χ0v) is 14.4. The molecule has 3 aromatic rings. The molecule has 1 N–H and O–H groups in total. The standard InChI is InChI=1S/C20H21FN2S/c21-17-3-1-15(2-4-17)14-23(18-7-10-22-11-8-18)19-5-6-20-16(13-19)9-12-24-20/h1-6,9,12-13,18,22H,7-8,10-11,14H2. The molecule has 0 saturated carbocycles. The van der Waals surface area contributed by atoms with E-state index in [9.17, 15) is 4.39 Å². The molecule has 0 unspecified atom stereocenters. The SMILES string of the molecule is Fc1ccc(CN(c2ccc3sccc3c2)C2CCNCC2)cc1. The van der Waals surface area contributed by atoms with Gasteiger partial charge in [-0.25, -0.2) is 4.39 Å². The third-order valence-electron chi connectivity index (χ3n) is 4.78. The van der Waals surface area contributed by atoms with Crippen LogP contribution in [0.15, 0.2) is 53.9 Å². The molecule has 2 heterocycles. The summed E-state index contributed by atoms with van der Waals surface area (Å²) in [5.41, 5.74) is 2.41. The molecule has 0 bridgehead atoms. The van der Waals surface area contributed by atoms with Crippen molar-refractivity contribution in [2.24, 2.45) is 0 Å². The Morgan fingerprint density at radius 2 is 1.83 bits per heavy atom. The van der Waals surface area contributed by atoms with Crippen molar-refractivity contribution < 1.29 is 4.39 Å². The molecule has 24 heavy (non-hydrogen) atoms. The van der Waals surface area contributed by atoms with Crippen LogP contribution in [0, 0.1) is 5.82 Å². The quantitative estimate of drug-likeness (QED) is 0.734. The van der Waals surface area contributed by atoms with Gasteiger partial charge in [0.1, 0.15) is 5.82 Å². The Balaban J connectivity index is 1.66. The highest BCUT2D eigenvalue weighted by Gasteiger charge is 2.22. The number of nitrogens with one attached hydrogen (secondary N) is 1. The smallest absolute Gasteiger partial charge is 0.123 e. The molecule has 1 saturated heterocycles. The lowest BCUT2D eigenvalue weighted by Gasteiger charge is -2.36. The monoisotopic (exact) mass is 340 g/mol. The average Bonchev–Trinajstić information content (AvgIpc) is 3.09. The normalized spacial score (nSPS) is 15.7. The summed E-state index contributed by atoms with van der Waals surface area (Å²) in [4.78, 5) is 2.49. The average molecular weight is 340 g/mol. The maximum absolute atomic E-state index is 13.2. The Bertz CT molecular complexity index is 806. The summed E-state index contributed by atoms with van der Waals surface area (Å²) < 4.78 is 14.5. The number of fused-ring (bicyclic) bond motifs is 1. The van der Waals surface area contributed by atoms with Gasteiger partial charge in [-0.2, -0.15) is 0 Å². The van der Waals surface area contributed by atoms with Gasteiger partial charge in [0, 0.05) is 23.0 Å². The second-order valence-electron chi connectivity index (χ2n) is 6.38. The summed E-state index contributed by atoms with van der Waals surface area (Å²) >= 11 is 1.78. The van der Waals surface area contributed by atoms with E-state index in [1.165, 1.54) is 15.8 Å². The zero-order chi connectivity index (χ0) is 16.4. The van der Waals surface area contributed by atoms with Gasteiger partial charge in [0.05, 0.1) is 0 Å². The Hall–Kier alpha value is -1.91. The lowest BCUT2D eigenvalue weighted by atomic mass is 10.0. The van der Waals surface area contributed by atoms with Crippen LogP contribution in [-0.2, 0) is 6.54 Å². The van der Waals surface area contributed by atoms with Crippen molar-refractivity contribution in [1.82, 2.24) is 5.32 Å². The fourth-order valence-corrected chi connectivity index (χ4v) is 4.24. The highest BCUT2D eigenvalue weighted by molar-refractivity contribution is 7.17. The predicted molar refractivity (Wildman–Crippen MR) is 100 cm³/mol. The van der Waals surface area contributed by atoms with Gasteiger partial charge in [0.2, 0.25) is 0 Å². The summed E-state index contributed by atoms with van der Waals surface area (Å²) in [5.74, 6) is -0.174. The van der Waals surface area contributed by atoms with Crippen LogP contribution in [0.2, 0.25) is 0 Å². The van der Waals surface area contributed by atoms with Crippen molar-refractivity contribution in [3.05, 3.63) is 65.3 Å². The molecule has 4 heteroatoms. The molecule has 2 nitrogen and oxygen atoms in total. The third kappa shape index (κ3) is 3.30. The number of nitrogens with zero attached hydrogens (tertiary/aromatic N) is 1. The maximum Gasteiger partial charge on any atom is 0.123 e. The van der Waals surface area contributed by atoms with E-state index >= 15 is 0 Å². The van der Waals surface area contributed by atoms with Crippen LogP contribution in [0.1, 0.15) is 18.4 Å². The Morgan fingerprint density at radius 1 is 1.04 bits per heavy atom. The van der Waals surface area contributed by atoms with Crippen molar-refractivity contribution >= 4 is 27.1 Å². The first kappa shape index (κ1) is 15.6. The van der Waals surface area contributed by atoms with Crippen LogP contribution in [0.3, 0.4) is 0 Å². The number of rotatable bonds is 4. The fourth-order valence-electron chi connectivity index (χ4n) is 3.47. The number of halogens is 1. The highest BCUT2D eigenvalue weighted by Crippen LogP contribution is 2.30. The first-order valence-electron chi connectivity index (χ1n) is 8.49. The number of anilines is 1. The minimum atomic E-state index is -0.174. The number of benzene rings is 2. The van der Waals surface area contributed by atoms with E-state index in [1.807, 2.05) is 12.1 Å². The second-order valence-corrected chi connectivity index (χ2v) is 7.33. The fraction of sp³-hybridized carbons (Fsp3) is 0.300. The molecule has 0 radical (unpaired) electrons. The molecular formula is C20H21FN2S. The van der Waals surface area contributed by atoms with Crippen LogP contribution in [-0.4, -0.2) is 19.1 Å². The number of piperidine rings is 1. The molecule has 0 atom stereocenters. The van der Waals surface area contributed by atoms with Crippen molar-refractivity contribution in [2.75, 3.05) is 18.0 Å². The first-order chi connectivity index (χ1) is 11.8. The van der Waals surface area contributed by atoms with Crippen LogP contribution < -0.4 is 10.2 Å². The molecule has 1 aliphatic rings. The highest BCUT2D eigenvalue weighted by atomic mass is 32.1. The van der Waals surface area contributed by atoms with E-state index < -0.39 is 0 Å². The molecule has 1 fully saturated rings. The van der Waals surface area contributed by atoms with Gasteiger partial charge in [-0.05, 0) is 78.7 Å². The van der Waals surface area contributed by atoms with Crippen molar-refractivity contribution in [3.8, 4) is 0 Å². The number of thiophene rings is 1. The van der Waals surface area contributed by atoms with Gasteiger partial charge in [-0.3, -0.25) is 0 Å². The molecule has 4 rings (SSSR count). The van der Waals surface area contributed by atoms with Gasteiger partial charge in [-0.1, -0.05) is 12.1 Å². The Morgan fingerprint density at radius 3 is 2.62 bits per heavy atom. The van der Waals surface area contributed by atoms with Gasteiger partial charge < -0.3 is 10.2 Å². The maximum atomic E-state index is 13.2. The molecule has 124 valence electrons. The molecular weight excluding hydrogens is 319 g/mol. The summed E-state index contributed by atoms with van der Waals surface area (Å²) in [6, 6.07) is 16.3. The minimum absolute atomic E-state index is 0.174. The van der Waals surface area contributed by atoms with Gasteiger partial charge in [0.25, 0.3) is 0 Å². The van der Waals surface area contributed by atoms with E-state index in [-0.39, 0.29) is 5.82 Å². The second kappa shape index (κ2) is 6.91. The molecule has 0 aliphatic carbocycles. The summed E-state index contributed by atoms with van der Waals surface area (Å²) in [6.45, 7) is 2.94. The van der Waals surface area contributed by atoms with Crippen molar-refractivity contribution in [2.45, 2.75) is 25.4 Å². The van der Waals surface area contributed by atoms with Crippen LogP contribution in [0.4, 0.5) is 10.1 Å². The zero-order valence-electron chi connectivity index (χ0n) is 13.5. The molecule has 0 spiro atoms. The van der Waals surface area contributed by atoms with Gasteiger partial charge >= 0.3 is 0 Å². The Kier molecular flexibility index (Phi) is 4.50. The number of hydrogen-bond donors (Lipinski definition) is 1. The van der Waals surface area contributed by atoms with Gasteiger partial charge in [-0.15, -0.1) is 11.3 Å². The minimum Gasteiger partial charge on any atom is -0.364 e. The topological polar surface area (TPSA) is 15.3 Å². The van der Waals surface area contributed by atoms with E-state index in [2.05, 4.69) is 39.9 Å². The first-order valence-corrected chi connectivity index (χ1v) is 9.37. The Labute approximate surface area is 145 Å². The van der Waals surface area contributed by atoms with E-state index in [0.717, 1.165) is 38.0 Å². The summed E-state index contributed by atoms with van der Waals surface area (Å²) in [6.07, 6.45) is 2.28. The van der Waals surface area contributed by atoms with E-state index in [1.54, 1.807) is 23.5 Å². The number of hydrogen-bond acceptors (Lipinski definition) is 3. The lowest BCUT2D eigenvalue weighted by Crippen LogP contribution is -2.43. The van der Waals surface area contributed by atoms with Crippen LogP contribution in [0.5, 0.6) is 0 Å². The lowest BCUT2D eigenvalue weighted by molar-refractivity contribution is 0.428. The molecule has 1 aliphatic heterocycles. The largest absolute Gasteiger partial charge is 0.364 e. The van der Waals surface area contributed by atoms with Crippen molar-refractivity contribution in [1.29, 1.82) is 0 Å². The molecule has 2 aromatic carbocycles. The third-order valence-corrected chi connectivity index (χ3v) is 5.68. The summed E-state index contributed by atoms with van der Waals surface area (Å²) in [7, 11) is 0. The van der Waals surface area contributed by atoms with Gasteiger partial charge in [0.15, 0.2) is 0 Å². The van der Waals surface area contributed by atoms with E-state index in [0.29, 0.717) is 6.04 Å². The summed E-state index contributed by atoms with van der Waals surface area (Å²) in [5, 5.41) is 6.89. The molecule has 1 aromatic heterocycles.